The molecule has 4 atom stereocenters. The molecule has 1 aliphatic heterocycles. The molecule has 2 N–H and O–H groups in total. The molecular weight excluding hydrogens is 521 g/mol. The van der Waals surface area contributed by atoms with E-state index in [9.17, 15) is 35.6 Å². The predicted molar refractivity (Wildman–Crippen MR) is 119 cm³/mol. The van der Waals surface area contributed by atoms with Gasteiger partial charge in [-0.05, 0) is 61.3 Å². The molecule has 13 heteroatoms. The van der Waals surface area contributed by atoms with Crippen LogP contribution in [0.1, 0.15) is 53.1 Å². The Morgan fingerprint density at radius 2 is 1.81 bits per heavy atom. The Labute approximate surface area is 208 Å². The number of fused-ring (bicyclic) bond motifs is 1. The Kier molecular flexibility index (Phi) is 5.67. The van der Waals surface area contributed by atoms with Crippen LogP contribution in [0.25, 0.3) is 0 Å². The van der Waals surface area contributed by atoms with Crippen LogP contribution in [0.5, 0.6) is 0 Å². The second-order valence-electron chi connectivity index (χ2n) is 10.1. The molecule has 1 saturated heterocycles. The van der Waals surface area contributed by atoms with Gasteiger partial charge in [-0.3, -0.25) is 14.6 Å². The molecule has 0 radical (unpaired) electrons. The highest BCUT2D eigenvalue weighted by molar-refractivity contribution is 7.90. The summed E-state index contributed by atoms with van der Waals surface area (Å²) in [5, 5.41) is 0. The number of hydrogen-bond acceptors (Lipinski definition) is 5. The van der Waals surface area contributed by atoms with Gasteiger partial charge in [0.2, 0.25) is 5.91 Å². The zero-order valence-electron chi connectivity index (χ0n) is 19.4. The van der Waals surface area contributed by atoms with Gasteiger partial charge in [0.25, 0.3) is 5.91 Å². The SMILES string of the molecule is CS(=O)(=O)c1cncc(C(=O)N2C(C(N)=O)CC3CC32[C@@H](c2cc(F)c(C(F)(F)F)cc2F)C2CC2)c1. The lowest BCUT2D eigenvalue weighted by atomic mass is 9.82. The summed E-state index contributed by atoms with van der Waals surface area (Å²) in [6, 6.07) is 0.658. The third-order valence-electron chi connectivity index (χ3n) is 7.68. The predicted octanol–water partition coefficient (Wildman–Crippen LogP) is 3.43. The van der Waals surface area contributed by atoms with Crippen molar-refractivity contribution in [3.8, 4) is 0 Å². The van der Waals surface area contributed by atoms with Crippen LogP contribution in [-0.2, 0) is 20.8 Å². The number of halogens is 5. The van der Waals surface area contributed by atoms with Crippen LogP contribution in [0.4, 0.5) is 22.0 Å². The Bertz CT molecular complexity index is 1430. The van der Waals surface area contributed by atoms with Crippen molar-refractivity contribution in [1.29, 1.82) is 0 Å². The van der Waals surface area contributed by atoms with E-state index in [1.807, 2.05) is 0 Å². The van der Waals surface area contributed by atoms with Crippen LogP contribution in [0.15, 0.2) is 35.5 Å². The van der Waals surface area contributed by atoms with Gasteiger partial charge in [-0.2, -0.15) is 13.2 Å². The number of pyridine rings is 1. The molecule has 5 rings (SSSR count). The number of carbonyl (C=O) groups excluding carboxylic acids is 2. The average molecular weight is 544 g/mol. The summed E-state index contributed by atoms with van der Waals surface area (Å²) in [4.78, 5) is 30.9. The summed E-state index contributed by atoms with van der Waals surface area (Å²) in [6.45, 7) is 0. The zero-order chi connectivity index (χ0) is 27.1. The molecule has 3 aliphatic rings. The summed E-state index contributed by atoms with van der Waals surface area (Å²) in [7, 11) is -3.73. The number of piperidine rings is 1. The topological polar surface area (TPSA) is 110 Å². The highest BCUT2D eigenvalue weighted by atomic mass is 32.2. The van der Waals surface area contributed by atoms with Crippen LogP contribution >= 0.6 is 0 Å². The first kappa shape index (κ1) is 25.6. The van der Waals surface area contributed by atoms with E-state index in [-0.39, 0.29) is 40.3 Å². The van der Waals surface area contributed by atoms with E-state index < -0.39 is 62.5 Å². The standard InChI is InChI=1S/C24H22F5N3O4S/c1-37(35,36)14-4-12(9-31-10-14)22(34)32-19(21(30)33)5-13-8-23(13,32)20(11-2-3-11)15-6-18(26)16(7-17(15)25)24(27,28)29/h4,6-7,9-11,13,19-20H,2-3,5,8H2,1H3,(H2,30,33)/t13?,19?,20-,23?/m1/s1. The normalized spacial score (nSPS) is 26.1. The summed E-state index contributed by atoms with van der Waals surface area (Å²) in [5.74, 6) is -5.93. The van der Waals surface area contributed by atoms with Crippen molar-refractivity contribution in [1.82, 2.24) is 9.88 Å². The summed E-state index contributed by atoms with van der Waals surface area (Å²) in [5.41, 5.74) is 2.24. The molecular formula is C24H22F5N3O4S. The molecule has 7 nitrogen and oxygen atoms in total. The van der Waals surface area contributed by atoms with Gasteiger partial charge in [-0.25, -0.2) is 17.2 Å². The number of carbonyl (C=O) groups is 2. The largest absolute Gasteiger partial charge is 0.419 e. The molecule has 2 aliphatic carbocycles. The highest BCUT2D eigenvalue weighted by Crippen LogP contribution is 2.69. The van der Waals surface area contributed by atoms with Gasteiger partial charge < -0.3 is 10.6 Å². The van der Waals surface area contributed by atoms with Gasteiger partial charge in [-0.15, -0.1) is 0 Å². The molecule has 1 aromatic heterocycles. The van der Waals surface area contributed by atoms with Crippen LogP contribution in [0, 0.1) is 23.5 Å². The summed E-state index contributed by atoms with van der Waals surface area (Å²) in [6.07, 6.45) is -0.356. The van der Waals surface area contributed by atoms with Gasteiger partial charge in [-0.1, -0.05) is 0 Å². The van der Waals surface area contributed by atoms with Gasteiger partial charge in [0.05, 0.1) is 21.6 Å². The monoisotopic (exact) mass is 543 g/mol. The molecule has 2 aromatic rings. The van der Waals surface area contributed by atoms with E-state index in [0.717, 1.165) is 24.7 Å². The number of likely N-dealkylation sites (tertiary alicyclic amines) is 1. The molecule has 2 heterocycles. The molecule has 198 valence electrons. The van der Waals surface area contributed by atoms with Crippen molar-refractivity contribution in [3.63, 3.8) is 0 Å². The van der Waals surface area contributed by atoms with E-state index in [1.54, 1.807) is 0 Å². The number of rotatable bonds is 6. The number of sulfone groups is 1. The van der Waals surface area contributed by atoms with Gasteiger partial charge in [0, 0.05) is 24.6 Å². The fraction of sp³-hybridized carbons (Fsp3) is 0.458. The second kappa shape index (κ2) is 8.20. The second-order valence-corrected chi connectivity index (χ2v) is 12.1. The lowest BCUT2D eigenvalue weighted by molar-refractivity contribution is -0.140. The van der Waals surface area contributed by atoms with E-state index >= 15 is 4.39 Å². The molecule has 3 fully saturated rings. The molecule has 3 unspecified atom stereocenters. The van der Waals surface area contributed by atoms with Crippen LogP contribution in [-0.4, -0.2) is 48.0 Å². The number of nitrogens with zero attached hydrogens (tertiary/aromatic N) is 2. The Hall–Kier alpha value is -3.09. The van der Waals surface area contributed by atoms with E-state index in [1.165, 1.54) is 4.90 Å². The highest BCUT2D eigenvalue weighted by Gasteiger charge is 2.73. The van der Waals surface area contributed by atoms with Crippen molar-refractivity contribution in [3.05, 3.63) is 58.9 Å². The number of benzene rings is 1. The Morgan fingerprint density at radius 3 is 2.38 bits per heavy atom. The average Bonchev–Trinajstić information content (AvgIpc) is 3.72. The van der Waals surface area contributed by atoms with Crippen LogP contribution in [0.2, 0.25) is 0 Å². The maximum Gasteiger partial charge on any atom is 0.419 e. The van der Waals surface area contributed by atoms with E-state index in [4.69, 9.17) is 5.73 Å². The van der Waals surface area contributed by atoms with Gasteiger partial charge >= 0.3 is 6.18 Å². The zero-order valence-corrected chi connectivity index (χ0v) is 20.2. The third kappa shape index (κ3) is 4.16. The lowest BCUT2D eigenvalue weighted by Gasteiger charge is -2.39. The first-order chi connectivity index (χ1) is 17.2. The first-order valence-electron chi connectivity index (χ1n) is 11.5. The maximum atomic E-state index is 15.2. The number of nitrogens with two attached hydrogens (primary N) is 1. The van der Waals surface area contributed by atoms with Crippen molar-refractivity contribution in [2.24, 2.45) is 17.6 Å². The van der Waals surface area contributed by atoms with Crippen LogP contribution in [0.3, 0.4) is 0 Å². The van der Waals surface area contributed by atoms with Gasteiger partial charge in [0.15, 0.2) is 9.84 Å². The number of alkyl halides is 3. The van der Waals surface area contributed by atoms with Gasteiger partial charge in [0.1, 0.15) is 17.7 Å². The lowest BCUT2D eigenvalue weighted by Crippen LogP contribution is -2.53. The molecule has 0 bridgehead atoms. The molecule has 2 amide bonds. The number of hydrogen-bond donors (Lipinski definition) is 1. The maximum absolute atomic E-state index is 15.2. The van der Waals surface area contributed by atoms with Crippen molar-refractivity contribution < 1.29 is 40.0 Å². The smallest absolute Gasteiger partial charge is 0.368 e. The fourth-order valence-electron chi connectivity index (χ4n) is 5.94. The Balaban J connectivity index is 1.62. The van der Waals surface area contributed by atoms with Crippen molar-refractivity contribution >= 4 is 21.7 Å². The third-order valence-corrected chi connectivity index (χ3v) is 8.76. The number of amides is 2. The minimum Gasteiger partial charge on any atom is -0.368 e. The summed E-state index contributed by atoms with van der Waals surface area (Å²) < 4.78 is 93.3. The van der Waals surface area contributed by atoms with E-state index in [0.29, 0.717) is 25.3 Å². The quantitative estimate of drug-likeness (QED) is 0.562. The minimum absolute atomic E-state index is 0.125. The summed E-state index contributed by atoms with van der Waals surface area (Å²) >= 11 is 0. The molecule has 1 aromatic carbocycles. The fourth-order valence-corrected chi connectivity index (χ4v) is 6.54. The Morgan fingerprint density at radius 1 is 1.14 bits per heavy atom. The minimum atomic E-state index is -5.09. The molecule has 2 saturated carbocycles. The van der Waals surface area contributed by atoms with Crippen molar-refractivity contribution in [2.45, 2.75) is 54.3 Å². The van der Waals surface area contributed by atoms with Crippen LogP contribution < -0.4 is 5.73 Å². The number of primary amides is 1. The number of aromatic nitrogens is 1. The van der Waals surface area contributed by atoms with E-state index in [2.05, 4.69) is 4.98 Å². The molecule has 37 heavy (non-hydrogen) atoms. The first-order valence-corrected chi connectivity index (χ1v) is 13.4. The van der Waals surface area contributed by atoms with Crippen molar-refractivity contribution in [2.75, 3.05) is 6.26 Å². The molecule has 0 spiro atoms.